The van der Waals surface area contributed by atoms with E-state index in [1.807, 2.05) is 6.07 Å². The molecule has 5 fully saturated rings. The second-order valence-corrected chi connectivity index (χ2v) is 14.2. The molecular weight excluding hydrogens is 562 g/mol. The predicted octanol–water partition coefficient (Wildman–Crippen LogP) is 4.71. The van der Waals surface area contributed by atoms with E-state index in [4.69, 9.17) is 14.7 Å². The van der Waals surface area contributed by atoms with Crippen molar-refractivity contribution in [3.05, 3.63) is 47.4 Å². The Morgan fingerprint density at radius 1 is 1.02 bits per heavy atom. The first-order valence-electron chi connectivity index (χ1n) is 16.5. The van der Waals surface area contributed by atoms with Gasteiger partial charge >= 0.3 is 6.01 Å². The summed E-state index contributed by atoms with van der Waals surface area (Å²) < 4.78 is 36.5. The molecule has 6 atom stereocenters. The molecule has 0 amide bonds. The Morgan fingerprint density at radius 3 is 2.75 bits per heavy atom. The molecule has 3 aromatic rings. The fourth-order valence-corrected chi connectivity index (χ4v) is 9.73. The van der Waals surface area contributed by atoms with Gasteiger partial charge in [0, 0.05) is 67.7 Å². The normalized spacial score (nSPS) is 32.7. The van der Waals surface area contributed by atoms with Gasteiger partial charge in [-0.15, -0.1) is 0 Å². The Hall–Kier alpha value is -3.24. The van der Waals surface area contributed by atoms with Gasteiger partial charge in [0.2, 0.25) is 0 Å². The molecule has 4 saturated heterocycles. The van der Waals surface area contributed by atoms with E-state index in [0.29, 0.717) is 85.6 Å². The van der Waals surface area contributed by atoms with Crippen LogP contribution in [0.5, 0.6) is 11.8 Å². The van der Waals surface area contributed by atoms with Crippen molar-refractivity contribution >= 4 is 22.3 Å². The summed E-state index contributed by atoms with van der Waals surface area (Å²) in [5.74, 6) is 1.39. The van der Waals surface area contributed by atoms with Gasteiger partial charge in [-0.05, 0) is 62.0 Å². The van der Waals surface area contributed by atoms with Crippen LogP contribution in [0.25, 0.3) is 10.8 Å². The van der Waals surface area contributed by atoms with Crippen LogP contribution >= 0.6 is 0 Å². The maximum absolute atomic E-state index is 15.1. The molecule has 6 heterocycles. The van der Waals surface area contributed by atoms with Gasteiger partial charge in [-0.3, -0.25) is 4.90 Å². The number of phenolic OH excluding ortho intramolecular Hbond substituents is 1. The number of alkyl halides is 1. The highest BCUT2D eigenvalue weighted by Gasteiger charge is 2.58. The van der Waals surface area contributed by atoms with E-state index in [0.717, 1.165) is 43.0 Å². The van der Waals surface area contributed by atoms with Crippen molar-refractivity contribution in [2.24, 2.45) is 5.92 Å². The van der Waals surface area contributed by atoms with Gasteiger partial charge in [-0.1, -0.05) is 18.6 Å². The highest BCUT2D eigenvalue weighted by atomic mass is 19.1. The summed E-state index contributed by atoms with van der Waals surface area (Å²) in [5, 5.41) is 15.4. The minimum atomic E-state index is -0.817. The average Bonchev–Trinajstić information content (AvgIpc) is 3.75. The topological polar surface area (TPSA) is 77.0 Å². The molecule has 8 nitrogen and oxygen atoms in total. The van der Waals surface area contributed by atoms with E-state index in [1.165, 1.54) is 31.7 Å². The summed E-state index contributed by atoms with van der Waals surface area (Å²) in [4.78, 5) is 17.0. The molecule has 1 aromatic heterocycles. The highest BCUT2D eigenvalue weighted by molar-refractivity contribution is 5.96. The number of phenols is 1. The molecule has 44 heavy (non-hydrogen) atoms. The van der Waals surface area contributed by atoms with Gasteiger partial charge < -0.3 is 25.0 Å². The molecule has 2 bridgehead atoms. The monoisotopic (exact) mass is 602 g/mol. The van der Waals surface area contributed by atoms with Crippen molar-refractivity contribution in [3.8, 4) is 11.8 Å². The molecule has 2 N–H and O–H groups in total. The average molecular weight is 603 g/mol. The minimum Gasteiger partial charge on any atom is -0.508 e. The highest BCUT2D eigenvalue weighted by Crippen LogP contribution is 2.52. The Labute approximate surface area is 256 Å². The van der Waals surface area contributed by atoms with Crippen molar-refractivity contribution in [3.63, 3.8) is 0 Å². The Morgan fingerprint density at radius 2 is 1.89 bits per heavy atom. The number of hydrogen-bond donors (Lipinski definition) is 2. The van der Waals surface area contributed by atoms with Crippen LogP contribution in [0.2, 0.25) is 0 Å². The molecule has 0 spiro atoms. The van der Waals surface area contributed by atoms with Crippen molar-refractivity contribution in [2.75, 3.05) is 42.6 Å². The molecular formula is C34H40F2N6O2. The predicted molar refractivity (Wildman–Crippen MR) is 165 cm³/mol. The zero-order valence-corrected chi connectivity index (χ0v) is 25.0. The SMILES string of the molecule is Oc1cc(N2CCc3c(nc(OC[C@]45C[C@@H](F)CN4[C@H]4CCC[C@H]4C5)nc3N3CC4CCC(C3)N4)C2)c2c(F)cccc2c1. The summed E-state index contributed by atoms with van der Waals surface area (Å²) in [6, 6.07) is 9.97. The van der Waals surface area contributed by atoms with E-state index in [1.54, 1.807) is 18.2 Å². The number of hydrogen-bond acceptors (Lipinski definition) is 8. The van der Waals surface area contributed by atoms with E-state index in [9.17, 15) is 9.50 Å². The Balaban J connectivity index is 1.07. The van der Waals surface area contributed by atoms with Gasteiger partial charge in [0.1, 0.15) is 30.2 Å². The van der Waals surface area contributed by atoms with Gasteiger partial charge in [0.15, 0.2) is 0 Å². The van der Waals surface area contributed by atoms with Crippen molar-refractivity contribution < 1.29 is 18.6 Å². The molecule has 2 aromatic carbocycles. The van der Waals surface area contributed by atoms with Gasteiger partial charge in [0.05, 0.1) is 23.5 Å². The van der Waals surface area contributed by atoms with E-state index in [-0.39, 0.29) is 17.1 Å². The number of fused-ring (bicyclic) bond motifs is 7. The largest absolute Gasteiger partial charge is 0.508 e. The molecule has 6 aliphatic rings. The first kappa shape index (κ1) is 27.1. The molecule has 9 rings (SSSR count). The number of halogens is 2. The van der Waals surface area contributed by atoms with Crippen molar-refractivity contribution in [1.82, 2.24) is 20.2 Å². The number of aromatic hydroxyl groups is 1. The zero-order chi connectivity index (χ0) is 29.6. The smallest absolute Gasteiger partial charge is 0.318 e. The molecule has 232 valence electrons. The molecule has 1 saturated carbocycles. The molecule has 10 heteroatoms. The van der Waals surface area contributed by atoms with Crippen LogP contribution in [-0.4, -0.2) is 82.6 Å². The Bertz CT molecular complexity index is 1610. The summed E-state index contributed by atoms with van der Waals surface area (Å²) >= 11 is 0. The van der Waals surface area contributed by atoms with Crippen molar-refractivity contribution in [2.45, 2.75) is 87.7 Å². The fraction of sp³-hybridized carbons (Fsp3) is 0.588. The quantitative estimate of drug-likeness (QED) is 0.435. The van der Waals surface area contributed by atoms with E-state index >= 15 is 4.39 Å². The lowest BCUT2D eigenvalue weighted by atomic mass is 9.89. The van der Waals surface area contributed by atoms with Crippen LogP contribution in [-0.2, 0) is 13.0 Å². The summed E-state index contributed by atoms with van der Waals surface area (Å²) in [6.45, 7) is 3.83. The van der Waals surface area contributed by atoms with E-state index < -0.39 is 6.17 Å². The third kappa shape index (κ3) is 4.35. The lowest BCUT2D eigenvalue weighted by Gasteiger charge is -2.38. The lowest BCUT2D eigenvalue weighted by molar-refractivity contribution is 0.0829. The molecule has 2 unspecified atom stereocenters. The standard InChI is InChI=1S/C34H40F2N6O2/c35-22-14-34(13-21-4-2-6-29(21)42(34)15-22)19-44-33-38-28-18-40(30-12-25(43)11-20-3-1-5-27(36)31(20)30)10-9-26(28)32(39-33)41-16-23-7-8-24(17-41)37-23/h1,3,5,11-12,21-24,29,37,43H,2,4,6-10,13-19H2/t21-,22+,23?,24?,29-,34-/m0/s1. The number of ether oxygens (including phenoxy) is 1. The molecule has 0 radical (unpaired) electrons. The number of nitrogens with one attached hydrogen (secondary N) is 1. The number of benzene rings is 2. The van der Waals surface area contributed by atoms with Crippen LogP contribution in [0.3, 0.4) is 0 Å². The summed E-state index contributed by atoms with van der Waals surface area (Å²) in [6.07, 6.45) is 7.36. The number of aromatic nitrogens is 2. The number of rotatable bonds is 5. The van der Waals surface area contributed by atoms with Gasteiger partial charge in [0.25, 0.3) is 0 Å². The third-order valence-electron chi connectivity index (χ3n) is 11.5. The Kier molecular flexibility index (Phi) is 6.24. The minimum absolute atomic E-state index is 0.112. The number of nitrogens with zero attached hydrogens (tertiary/aromatic N) is 5. The summed E-state index contributed by atoms with van der Waals surface area (Å²) in [7, 11) is 0. The maximum Gasteiger partial charge on any atom is 0.318 e. The maximum atomic E-state index is 15.1. The second-order valence-electron chi connectivity index (χ2n) is 14.2. The van der Waals surface area contributed by atoms with Crippen LogP contribution in [0.1, 0.15) is 56.2 Å². The van der Waals surface area contributed by atoms with Gasteiger partial charge in [-0.2, -0.15) is 9.97 Å². The van der Waals surface area contributed by atoms with Gasteiger partial charge in [-0.25, -0.2) is 8.78 Å². The van der Waals surface area contributed by atoms with Crippen molar-refractivity contribution in [1.29, 1.82) is 0 Å². The van der Waals surface area contributed by atoms with Crippen LogP contribution in [0.4, 0.5) is 20.3 Å². The molecule has 1 aliphatic carbocycles. The van der Waals surface area contributed by atoms with E-state index in [2.05, 4.69) is 20.0 Å². The van der Waals surface area contributed by atoms with Crippen LogP contribution < -0.4 is 19.9 Å². The summed E-state index contributed by atoms with van der Waals surface area (Å²) in [5.41, 5.74) is 2.38. The molecule has 5 aliphatic heterocycles. The fourth-order valence-electron chi connectivity index (χ4n) is 9.73. The first-order chi connectivity index (χ1) is 21.4. The second kappa shape index (κ2) is 10.1. The third-order valence-corrected chi connectivity index (χ3v) is 11.5. The first-order valence-corrected chi connectivity index (χ1v) is 16.5. The zero-order valence-electron chi connectivity index (χ0n) is 25.0. The van der Waals surface area contributed by atoms with Crippen LogP contribution in [0.15, 0.2) is 30.3 Å². The van der Waals surface area contributed by atoms with Crippen LogP contribution in [0, 0.1) is 11.7 Å². The number of piperazine rings is 1. The number of anilines is 2. The lowest BCUT2D eigenvalue weighted by Crippen LogP contribution is -2.52.